The fourth-order valence-corrected chi connectivity index (χ4v) is 1.27. The predicted octanol–water partition coefficient (Wildman–Crippen LogP) is 0.336. The highest BCUT2D eigenvalue weighted by Gasteiger charge is 2.02. The molecule has 98 valence electrons. The first-order valence-electron chi connectivity index (χ1n) is 6.12. The lowest BCUT2D eigenvalue weighted by atomic mass is 10.2. The highest BCUT2D eigenvalue weighted by Crippen LogP contribution is 1.96. The van der Waals surface area contributed by atoms with Crippen LogP contribution in [-0.4, -0.2) is 50.1 Å². The first-order chi connectivity index (χ1) is 8.07. The van der Waals surface area contributed by atoms with Gasteiger partial charge in [0, 0.05) is 6.04 Å². The molecule has 0 aliphatic rings. The fraction of sp³-hybridized carbons (Fsp3) is 0.833. The second-order valence-electron chi connectivity index (χ2n) is 4.39. The zero-order chi connectivity index (χ0) is 13.1. The molecular formula is C12H24N4O. The topological polar surface area (TPSA) is 68.2 Å². The number of nitrogens with zero attached hydrogens (tertiary/aromatic N) is 2. The van der Waals surface area contributed by atoms with Crippen molar-refractivity contribution in [2.24, 2.45) is 0 Å². The molecular weight excluding hydrogens is 216 g/mol. The highest BCUT2D eigenvalue weighted by molar-refractivity contribution is 5.78. The van der Waals surface area contributed by atoms with Crippen molar-refractivity contribution >= 4 is 5.91 Å². The van der Waals surface area contributed by atoms with Crippen molar-refractivity contribution in [3.8, 4) is 6.07 Å². The molecule has 0 heterocycles. The third kappa shape index (κ3) is 9.79. The zero-order valence-corrected chi connectivity index (χ0v) is 11.1. The van der Waals surface area contributed by atoms with Crippen molar-refractivity contribution in [1.29, 1.82) is 5.26 Å². The van der Waals surface area contributed by atoms with Crippen LogP contribution in [0.5, 0.6) is 0 Å². The molecule has 0 fully saturated rings. The standard InChI is InChI=1S/C12H24N4O/c1-11(2)16(3)9-5-4-7-14-10-12(17)15-8-6-13/h11,14H,4-5,7-10H2,1-3H3,(H,15,17). The molecule has 0 aliphatic carbocycles. The lowest BCUT2D eigenvalue weighted by Gasteiger charge is -2.20. The average Bonchev–Trinajstić information content (AvgIpc) is 2.30. The van der Waals surface area contributed by atoms with Gasteiger partial charge in [0.15, 0.2) is 0 Å². The Bertz CT molecular complexity index is 247. The summed E-state index contributed by atoms with van der Waals surface area (Å²) in [7, 11) is 2.12. The van der Waals surface area contributed by atoms with E-state index >= 15 is 0 Å². The van der Waals surface area contributed by atoms with E-state index < -0.39 is 0 Å². The molecule has 5 nitrogen and oxygen atoms in total. The van der Waals surface area contributed by atoms with Crippen LogP contribution >= 0.6 is 0 Å². The van der Waals surface area contributed by atoms with Crippen molar-refractivity contribution in [2.75, 3.05) is 33.2 Å². The van der Waals surface area contributed by atoms with Crippen molar-refractivity contribution < 1.29 is 4.79 Å². The van der Waals surface area contributed by atoms with Crippen molar-refractivity contribution in [3.05, 3.63) is 0 Å². The largest absolute Gasteiger partial charge is 0.342 e. The van der Waals surface area contributed by atoms with Gasteiger partial charge in [-0.2, -0.15) is 5.26 Å². The van der Waals surface area contributed by atoms with Crippen LogP contribution in [0, 0.1) is 11.3 Å². The lowest BCUT2D eigenvalue weighted by Crippen LogP contribution is -2.34. The van der Waals surface area contributed by atoms with Gasteiger partial charge in [-0.15, -0.1) is 0 Å². The summed E-state index contributed by atoms with van der Waals surface area (Å²) in [4.78, 5) is 13.4. The maximum atomic E-state index is 11.1. The first kappa shape index (κ1) is 15.9. The predicted molar refractivity (Wildman–Crippen MR) is 68.5 cm³/mol. The molecule has 0 aromatic carbocycles. The molecule has 0 aliphatic heterocycles. The third-order valence-corrected chi connectivity index (χ3v) is 2.65. The second kappa shape index (κ2) is 10.1. The van der Waals surface area contributed by atoms with Gasteiger partial charge >= 0.3 is 0 Å². The number of amides is 1. The van der Waals surface area contributed by atoms with E-state index in [-0.39, 0.29) is 12.5 Å². The first-order valence-corrected chi connectivity index (χ1v) is 6.12. The molecule has 0 bridgehead atoms. The van der Waals surface area contributed by atoms with E-state index in [1.807, 2.05) is 6.07 Å². The molecule has 1 amide bonds. The van der Waals surface area contributed by atoms with Crippen LogP contribution in [0.1, 0.15) is 26.7 Å². The minimum absolute atomic E-state index is 0.0830. The van der Waals surface area contributed by atoms with E-state index in [4.69, 9.17) is 5.26 Å². The zero-order valence-electron chi connectivity index (χ0n) is 11.1. The van der Waals surface area contributed by atoms with Gasteiger partial charge in [-0.05, 0) is 46.8 Å². The lowest BCUT2D eigenvalue weighted by molar-refractivity contribution is -0.120. The summed E-state index contributed by atoms with van der Waals surface area (Å²) in [5.74, 6) is -0.120. The van der Waals surface area contributed by atoms with Crippen LogP contribution in [0.25, 0.3) is 0 Å². The maximum Gasteiger partial charge on any atom is 0.234 e. The van der Waals surface area contributed by atoms with Gasteiger partial charge < -0.3 is 15.5 Å². The molecule has 0 aromatic heterocycles. The number of hydrogen-bond donors (Lipinski definition) is 2. The Balaban J connectivity index is 3.30. The Morgan fingerprint density at radius 2 is 2.12 bits per heavy atom. The number of nitriles is 1. The van der Waals surface area contributed by atoms with Crippen LogP contribution in [0.15, 0.2) is 0 Å². The molecule has 0 atom stereocenters. The minimum Gasteiger partial charge on any atom is -0.342 e. The maximum absolute atomic E-state index is 11.1. The van der Waals surface area contributed by atoms with Gasteiger partial charge in [0.05, 0.1) is 12.6 Å². The van der Waals surface area contributed by atoms with Gasteiger partial charge in [-0.1, -0.05) is 0 Å². The summed E-state index contributed by atoms with van der Waals surface area (Å²) in [6.07, 6.45) is 2.18. The Hall–Kier alpha value is -1.12. The number of hydrogen-bond acceptors (Lipinski definition) is 4. The summed E-state index contributed by atoms with van der Waals surface area (Å²) < 4.78 is 0. The number of rotatable bonds is 9. The Labute approximate surface area is 104 Å². The molecule has 0 saturated heterocycles. The van der Waals surface area contributed by atoms with Gasteiger partial charge in [0.25, 0.3) is 0 Å². The molecule has 17 heavy (non-hydrogen) atoms. The molecule has 5 heteroatoms. The van der Waals surface area contributed by atoms with Crippen LogP contribution in [0.2, 0.25) is 0 Å². The minimum atomic E-state index is -0.120. The van der Waals surface area contributed by atoms with Gasteiger partial charge in [-0.3, -0.25) is 4.79 Å². The van der Waals surface area contributed by atoms with Gasteiger partial charge in [-0.25, -0.2) is 0 Å². The monoisotopic (exact) mass is 240 g/mol. The number of nitrogens with one attached hydrogen (secondary N) is 2. The van der Waals surface area contributed by atoms with Crippen LogP contribution < -0.4 is 10.6 Å². The Kier molecular flexibility index (Phi) is 9.40. The van der Waals surface area contributed by atoms with E-state index in [0.29, 0.717) is 12.6 Å². The van der Waals surface area contributed by atoms with Gasteiger partial charge in [0.2, 0.25) is 5.91 Å². The molecule has 0 radical (unpaired) electrons. The van der Waals surface area contributed by atoms with Crippen molar-refractivity contribution in [3.63, 3.8) is 0 Å². The number of carbonyl (C=O) groups excluding carboxylic acids is 1. The smallest absolute Gasteiger partial charge is 0.234 e. The molecule has 0 aromatic rings. The summed E-state index contributed by atoms with van der Waals surface area (Å²) >= 11 is 0. The summed E-state index contributed by atoms with van der Waals surface area (Å²) in [5, 5.41) is 13.8. The molecule has 0 spiro atoms. The molecule has 2 N–H and O–H groups in total. The van der Waals surface area contributed by atoms with E-state index in [9.17, 15) is 4.79 Å². The summed E-state index contributed by atoms with van der Waals surface area (Å²) in [6, 6.07) is 2.45. The average molecular weight is 240 g/mol. The van der Waals surface area contributed by atoms with Crippen LogP contribution in [-0.2, 0) is 4.79 Å². The van der Waals surface area contributed by atoms with E-state index in [2.05, 4.69) is 36.4 Å². The van der Waals surface area contributed by atoms with Gasteiger partial charge in [0.1, 0.15) is 6.54 Å². The van der Waals surface area contributed by atoms with E-state index in [1.165, 1.54) is 0 Å². The molecule has 0 unspecified atom stereocenters. The Morgan fingerprint density at radius 1 is 1.41 bits per heavy atom. The Morgan fingerprint density at radius 3 is 2.71 bits per heavy atom. The van der Waals surface area contributed by atoms with Crippen LogP contribution in [0.3, 0.4) is 0 Å². The van der Waals surface area contributed by atoms with Crippen molar-refractivity contribution in [1.82, 2.24) is 15.5 Å². The molecule has 0 saturated carbocycles. The number of carbonyl (C=O) groups is 1. The SMILES string of the molecule is CC(C)N(C)CCCCNCC(=O)NCC#N. The summed E-state index contributed by atoms with van der Waals surface area (Å²) in [6.45, 7) is 6.66. The number of unbranched alkanes of at least 4 members (excludes halogenated alkanes) is 1. The van der Waals surface area contributed by atoms with E-state index in [0.717, 1.165) is 25.9 Å². The fourth-order valence-electron chi connectivity index (χ4n) is 1.27. The third-order valence-electron chi connectivity index (χ3n) is 2.65. The van der Waals surface area contributed by atoms with E-state index in [1.54, 1.807) is 0 Å². The summed E-state index contributed by atoms with van der Waals surface area (Å²) in [5.41, 5.74) is 0. The van der Waals surface area contributed by atoms with Crippen molar-refractivity contribution in [2.45, 2.75) is 32.7 Å². The second-order valence-corrected chi connectivity index (χ2v) is 4.39. The molecule has 0 rings (SSSR count). The highest BCUT2D eigenvalue weighted by atomic mass is 16.1. The normalized spacial score (nSPS) is 10.6. The van der Waals surface area contributed by atoms with Crippen LogP contribution in [0.4, 0.5) is 0 Å². The quantitative estimate of drug-likeness (QED) is 0.450.